The highest BCUT2D eigenvalue weighted by atomic mass is 16.6. The van der Waals surface area contributed by atoms with E-state index in [0.717, 1.165) is 5.56 Å². The van der Waals surface area contributed by atoms with E-state index in [1.807, 2.05) is 30.3 Å². The number of carbonyl (C=O) groups excluding carboxylic acids is 3. The van der Waals surface area contributed by atoms with E-state index < -0.39 is 30.1 Å². The summed E-state index contributed by atoms with van der Waals surface area (Å²) in [6, 6.07) is 16.1. The zero-order valence-corrected chi connectivity index (χ0v) is 17.6. The number of rotatable bonds is 7. The van der Waals surface area contributed by atoms with E-state index in [0.29, 0.717) is 16.7 Å². The van der Waals surface area contributed by atoms with Gasteiger partial charge in [-0.15, -0.1) is 0 Å². The summed E-state index contributed by atoms with van der Waals surface area (Å²) in [7, 11) is 0. The highest BCUT2D eigenvalue weighted by molar-refractivity contribution is 5.94. The topological polar surface area (TPSA) is 78.9 Å². The van der Waals surface area contributed by atoms with Crippen molar-refractivity contribution in [3.8, 4) is 0 Å². The molecule has 0 heterocycles. The quantitative estimate of drug-likeness (QED) is 0.384. The SMILES string of the molecule is C/C(=C\c1ccc(C(=O)OCc2ccccc2)cc1)C(=O)OCC(=O)OC(C)(C)C. The molecule has 0 N–H and O–H groups in total. The molecule has 0 unspecified atom stereocenters. The maximum atomic E-state index is 12.2. The number of carbonyl (C=O) groups is 3. The van der Waals surface area contributed by atoms with Crippen LogP contribution in [0.4, 0.5) is 0 Å². The van der Waals surface area contributed by atoms with Gasteiger partial charge in [-0.2, -0.15) is 0 Å². The van der Waals surface area contributed by atoms with Gasteiger partial charge in [-0.3, -0.25) is 0 Å². The summed E-state index contributed by atoms with van der Waals surface area (Å²) in [4.78, 5) is 35.8. The van der Waals surface area contributed by atoms with Crippen LogP contribution in [0.2, 0.25) is 0 Å². The van der Waals surface area contributed by atoms with Gasteiger partial charge in [0, 0.05) is 5.57 Å². The molecule has 158 valence electrons. The zero-order valence-electron chi connectivity index (χ0n) is 17.6. The Morgan fingerprint density at radius 1 is 0.900 bits per heavy atom. The Hall–Kier alpha value is -3.41. The molecular formula is C24H26O6. The number of esters is 3. The molecule has 0 aromatic heterocycles. The highest BCUT2D eigenvalue weighted by Gasteiger charge is 2.18. The summed E-state index contributed by atoms with van der Waals surface area (Å²) in [5.74, 6) is -1.66. The molecule has 0 aliphatic rings. The lowest BCUT2D eigenvalue weighted by molar-refractivity contribution is -0.165. The van der Waals surface area contributed by atoms with Gasteiger partial charge in [0.2, 0.25) is 0 Å². The van der Waals surface area contributed by atoms with Crippen molar-refractivity contribution in [1.29, 1.82) is 0 Å². The van der Waals surface area contributed by atoms with Crippen molar-refractivity contribution < 1.29 is 28.6 Å². The molecule has 0 aliphatic heterocycles. The minimum absolute atomic E-state index is 0.198. The fourth-order valence-corrected chi connectivity index (χ4v) is 2.44. The molecular weight excluding hydrogens is 384 g/mol. The average Bonchev–Trinajstić information content (AvgIpc) is 2.70. The molecule has 2 rings (SSSR count). The van der Waals surface area contributed by atoms with E-state index in [-0.39, 0.29) is 6.61 Å². The second kappa shape index (κ2) is 10.4. The highest BCUT2D eigenvalue weighted by Crippen LogP contribution is 2.13. The van der Waals surface area contributed by atoms with Crippen LogP contribution in [0.15, 0.2) is 60.2 Å². The first-order valence-corrected chi connectivity index (χ1v) is 9.52. The molecule has 6 heteroatoms. The average molecular weight is 410 g/mol. The van der Waals surface area contributed by atoms with Crippen LogP contribution in [0.1, 0.15) is 49.2 Å². The van der Waals surface area contributed by atoms with Crippen molar-refractivity contribution in [2.45, 2.75) is 39.9 Å². The molecule has 0 amide bonds. The predicted molar refractivity (Wildman–Crippen MR) is 112 cm³/mol. The molecule has 0 bridgehead atoms. The predicted octanol–water partition coefficient (Wildman–Crippen LogP) is 4.33. The van der Waals surface area contributed by atoms with Gasteiger partial charge in [0.05, 0.1) is 5.56 Å². The van der Waals surface area contributed by atoms with Gasteiger partial charge in [-0.25, -0.2) is 14.4 Å². The molecule has 2 aromatic rings. The van der Waals surface area contributed by atoms with Gasteiger partial charge in [-0.05, 0) is 57.0 Å². The van der Waals surface area contributed by atoms with Crippen molar-refractivity contribution in [2.24, 2.45) is 0 Å². The first-order valence-electron chi connectivity index (χ1n) is 9.52. The Kier molecular flexibility index (Phi) is 7.92. The Balaban J connectivity index is 1.88. The summed E-state index contributed by atoms with van der Waals surface area (Å²) in [5, 5.41) is 0. The molecule has 30 heavy (non-hydrogen) atoms. The van der Waals surface area contributed by atoms with Crippen molar-refractivity contribution >= 4 is 24.0 Å². The first kappa shape index (κ1) is 22.9. The molecule has 0 saturated carbocycles. The van der Waals surface area contributed by atoms with E-state index in [4.69, 9.17) is 14.2 Å². The van der Waals surface area contributed by atoms with Gasteiger partial charge < -0.3 is 14.2 Å². The van der Waals surface area contributed by atoms with E-state index >= 15 is 0 Å². The fraction of sp³-hybridized carbons (Fsp3) is 0.292. The monoisotopic (exact) mass is 410 g/mol. The molecule has 6 nitrogen and oxygen atoms in total. The Morgan fingerprint density at radius 2 is 1.53 bits per heavy atom. The summed E-state index contributed by atoms with van der Waals surface area (Å²) >= 11 is 0. The van der Waals surface area contributed by atoms with E-state index in [1.54, 1.807) is 58.0 Å². The van der Waals surface area contributed by atoms with Crippen molar-refractivity contribution in [3.63, 3.8) is 0 Å². The van der Waals surface area contributed by atoms with Gasteiger partial charge in [0.25, 0.3) is 0 Å². The Labute approximate surface area is 176 Å². The van der Waals surface area contributed by atoms with Crippen LogP contribution in [-0.4, -0.2) is 30.1 Å². The zero-order chi connectivity index (χ0) is 22.1. The minimum atomic E-state index is -0.641. The summed E-state index contributed by atoms with van der Waals surface area (Å²) in [6.45, 7) is 6.54. The Morgan fingerprint density at radius 3 is 2.13 bits per heavy atom. The van der Waals surface area contributed by atoms with E-state index in [9.17, 15) is 14.4 Å². The third-order valence-corrected chi connectivity index (χ3v) is 3.81. The molecule has 0 aliphatic carbocycles. The summed E-state index contributed by atoms with van der Waals surface area (Å²) < 4.78 is 15.3. The van der Waals surface area contributed by atoms with Crippen LogP contribution in [0.25, 0.3) is 6.08 Å². The fourth-order valence-electron chi connectivity index (χ4n) is 2.44. The third-order valence-electron chi connectivity index (χ3n) is 3.81. The molecule has 0 fully saturated rings. The second-order valence-corrected chi connectivity index (χ2v) is 7.67. The van der Waals surface area contributed by atoms with Gasteiger partial charge in [0.1, 0.15) is 12.2 Å². The lowest BCUT2D eigenvalue weighted by Gasteiger charge is -2.19. The summed E-state index contributed by atoms with van der Waals surface area (Å²) in [5.41, 5.74) is 1.71. The van der Waals surface area contributed by atoms with Crippen molar-refractivity contribution in [1.82, 2.24) is 0 Å². The number of benzene rings is 2. The largest absolute Gasteiger partial charge is 0.457 e. The van der Waals surface area contributed by atoms with Crippen molar-refractivity contribution in [3.05, 3.63) is 76.9 Å². The molecule has 0 saturated heterocycles. The molecule has 0 radical (unpaired) electrons. The lowest BCUT2D eigenvalue weighted by Crippen LogP contribution is -2.27. The van der Waals surface area contributed by atoms with Gasteiger partial charge in [-0.1, -0.05) is 42.5 Å². The van der Waals surface area contributed by atoms with E-state index in [1.165, 1.54) is 0 Å². The van der Waals surface area contributed by atoms with Crippen LogP contribution in [-0.2, 0) is 30.4 Å². The number of ether oxygens (including phenoxy) is 3. The maximum Gasteiger partial charge on any atom is 0.344 e. The van der Waals surface area contributed by atoms with Crippen molar-refractivity contribution in [2.75, 3.05) is 6.61 Å². The number of hydrogen-bond donors (Lipinski definition) is 0. The van der Waals surface area contributed by atoms with Crippen LogP contribution >= 0.6 is 0 Å². The second-order valence-electron chi connectivity index (χ2n) is 7.67. The maximum absolute atomic E-state index is 12.2. The third kappa shape index (κ3) is 7.91. The van der Waals surface area contributed by atoms with Crippen LogP contribution < -0.4 is 0 Å². The molecule has 2 aromatic carbocycles. The lowest BCUT2D eigenvalue weighted by atomic mass is 10.1. The van der Waals surface area contributed by atoms with Crippen LogP contribution in [0, 0.1) is 0 Å². The molecule has 0 atom stereocenters. The normalized spacial score (nSPS) is 11.5. The van der Waals surface area contributed by atoms with E-state index in [2.05, 4.69) is 0 Å². The van der Waals surface area contributed by atoms with Gasteiger partial charge in [0.15, 0.2) is 6.61 Å². The Bertz CT molecular complexity index is 905. The smallest absolute Gasteiger partial charge is 0.344 e. The van der Waals surface area contributed by atoms with Crippen LogP contribution in [0.5, 0.6) is 0 Å². The minimum Gasteiger partial charge on any atom is -0.457 e. The number of hydrogen-bond acceptors (Lipinski definition) is 6. The standard InChI is InChI=1S/C24H26O6/c1-17(22(26)29-16-21(25)30-24(2,3)4)14-18-10-12-20(13-11-18)23(27)28-15-19-8-6-5-7-9-19/h5-14H,15-16H2,1-4H3/b17-14+. The molecule has 0 spiro atoms. The summed E-state index contributed by atoms with van der Waals surface area (Å²) in [6.07, 6.45) is 1.61. The van der Waals surface area contributed by atoms with Gasteiger partial charge >= 0.3 is 17.9 Å². The van der Waals surface area contributed by atoms with Crippen LogP contribution in [0.3, 0.4) is 0 Å². The first-order chi connectivity index (χ1) is 14.1.